The van der Waals surface area contributed by atoms with Crippen LogP contribution in [0.2, 0.25) is 0 Å². The third-order valence-corrected chi connectivity index (χ3v) is 2.00. The van der Waals surface area contributed by atoms with Gasteiger partial charge >= 0.3 is 0 Å². The van der Waals surface area contributed by atoms with Gasteiger partial charge in [-0.1, -0.05) is 0 Å². The van der Waals surface area contributed by atoms with Crippen LogP contribution in [0.25, 0.3) is 0 Å². The van der Waals surface area contributed by atoms with Crippen LogP contribution in [0.3, 0.4) is 0 Å². The second-order valence-corrected chi connectivity index (χ2v) is 3.04. The van der Waals surface area contributed by atoms with Gasteiger partial charge < -0.3 is 15.6 Å². The molecule has 7 heteroatoms. The Labute approximate surface area is 79.5 Å². The number of ether oxygens (including phenoxy) is 1. The first-order valence-electron chi connectivity index (χ1n) is 4.21. The molecule has 0 bridgehead atoms. The van der Waals surface area contributed by atoms with Crippen LogP contribution in [-0.2, 0) is 4.74 Å². The van der Waals surface area contributed by atoms with E-state index in [0.717, 1.165) is 0 Å². The van der Waals surface area contributed by atoms with E-state index in [1.54, 1.807) is 0 Å². The molecule has 1 aliphatic heterocycles. The van der Waals surface area contributed by atoms with Crippen molar-refractivity contribution in [2.45, 2.75) is 25.4 Å². The number of aromatic nitrogens is 3. The summed E-state index contributed by atoms with van der Waals surface area (Å²) in [5.74, 6) is -0.725. The summed E-state index contributed by atoms with van der Waals surface area (Å²) >= 11 is 0. The summed E-state index contributed by atoms with van der Waals surface area (Å²) in [7, 11) is 0. The molecule has 0 aromatic carbocycles. The van der Waals surface area contributed by atoms with Gasteiger partial charge in [0.2, 0.25) is 5.82 Å². The molecular formula is C7H10N4O3. The van der Waals surface area contributed by atoms with Gasteiger partial charge in [-0.2, -0.15) is 0 Å². The minimum atomic E-state index is -0.763. The highest BCUT2D eigenvalue weighted by atomic mass is 16.6. The summed E-state index contributed by atoms with van der Waals surface area (Å²) in [6, 6.07) is 0. The van der Waals surface area contributed by atoms with Crippen molar-refractivity contribution < 1.29 is 14.6 Å². The van der Waals surface area contributed by atoms with Crippen molar-refractivity contribution in [3.8, 4) is 0 Å². The van der Waals surface area contributed by atoms with Crippen molar-refractivity contribution in [1.82, 2.24) is 14.8 Å². The average molecular weight is 198 g/mol. The van der Waals surface area contributed by atoms with Gasteiger partial charge in [-0.3, -0.25) is 4.79 Å². The second kappa shape index (κ2) is 3.35. The highest BCUT2D eigenvalue weighted by Crippen LogP contribution is 2.25. The van der Waals surface area contributed by atoms with Gasteiger partial charge in [0.15, 0.2) is 12.5 Å². The first-order chi connectivity index (χ1) is 6.66. The number of rotatable bonds is 2. The molecule has 0 spiro atoms. The van der Waals surface area contributed by atoms with Crippen molar-refractivity contribution in [2.24, 2.45) is 5.73 Å². The molecule has 1 aliphatic rings. The number of hydrogen-bond acceptors (Lipinski definition) is 5. The number of carbonyl (C=O) groups excluding carboxylic acids is 1. The molecule has 76 valence electrons. The number of primary amides is 1. The van der Waals surface area contributed by atoms with E-state index < -0.39 is 12.2 Å². The maximum atomic E-state index is 10.7. The minimum Gasteiger partial charge on any atom is -0.368 e. The zero-order valence-electron chi connectivity index (χ0n) is 7.33. The zero-order chi connectivity index (χ0) is 10.1. The number of amides is 1. The molecule has 1 fully saturated rings. The maximum Gasteiger partial charge on any atom is 0.288 e. The molecule has 0 aliphatic carbocycles. The molecule has 14 heavy (non-hydrogen) atoms. The smallest absolute Gasteiger partial charge is 0.288 e. The van der Waals surface area contributed by atoms with E-state index in [-0.39, 0.29) is 12.1 Å². The van der Waals surface area contributed by atoms with E-state index in [4.69, 9.17) is 15.6 Å². The molecule has 2 heterocycles. The molecule has 0 unspecified atom stereocenters. The van der Waals surface area contributed by atoms with E-state index in [0.29, 0.717) is 12.8 Å². The average Bonchev–Trinajstić information content (AvgIpc) is 2.70. The number of nitrogens with two attached hydrogens (primary N) is 1. The van der Waals surface area contributed by atoms with Crippen LogP contribution < -0.4 is 5.73 Å². The number of hydrogen-bond donors (Lipinski definition) is 2. The van der Waals surface area contributed by atoms with Crippen molar-refractivity contribution in [1.29, 1.82) is 0 Å². The molecule has 3 N–H and O–H groups in total. The number of aliphatic hydroxyl groups is 1. The molecule has 0 radical (unpaired) electrons. The lowest BCUT2D eigenvalue weighted by Crippen LogP contribution is -2.15. The van der Waals surface area contributed by atoms with Gasteiger partial charge in [0.05, 0.1) is 0 Å². The van der Waals surface area contributed by atoms with Crippen molar-refractivity contribution >= 4 is 5.91 Å². The lowest BCUT2D eigenvalue weighted by Gasteiger charge is -2.08. The molecule has 1 aromatic rings. The summed E-state index contributed by atoms with van der Waals surface area (Å²) in [5.41, 5.74) is 4.99. The monoisotopic (exact) mass is 198 g/mol. The highest BCUT2D eigenvalue weighted by Gasteiger charge is 2.25. The summed E-state index contributed by atoms with van der Waals surface area (Å²) in [5, 5.41) is 12.9. The van der Waals surface area contributed by atoms with Crippen LogP contribution in [0.15, 0.2) is 6.33 Å². The Hall–Kier alpha value is -1.47. The van der Waals surface area contributed by atoms with Crippen molar-refractivity contribution in [3.63, 3.8) is 0 Å². The third-order valence-electron chi connectivity index (χ3n) is 2.00. The van der Waals surface area contributed by atoms with Crippen molar-refractivity contribution in [2.75, 3.05) is 0 Å². The fourth-order valence-electron chi connectivity index (χ4n) is 1.32. The minimum absolute atomic E-state index is 0.0463. The van der Waals surface area contributed by atoms with Crippen LogP contribution in [0.1, 0.15) is 29.7 Å². The van der Waals surface area contributed by atoms with Gasteiger partial charge in [0, 0.05) is 6.42 Å². The summed E-state index contributed by atoms with van der Waals surface area (Å²) in [6.07, 6.45) is 1.44. The Bertz CT molecular complexity index is 350. The normalized spacial score (nSPS) is 26.6. The summed E-state index contributed by atoms with van der Waals surface area (Å²) in [6.45, 7) is 0. The first kappa shape index (κ1) is 9.10. The second-order valence-electron chi connectivity index (χ2n) is 3.04. The van der Waals surface area contributed by atoms with Crippen LogP contribution in [0, 0.1) is 0 Å². The fourth-order valence-corrected chi connectivity index (χ4v) is 1.32. The number of aliphatic hydroxyl groups excluding tert-OH is 1. The SMILES string of the molecule is NC(=O)c1ncn([C@H]2CC[C@@H](O)O2)n1. The predicted molar refractivity (Wildman–Crippen MR) is 43.9 cm³/mol. The lowest BCUT2D eigenvalue weighted by molar-refractivity contribution is -0.116. The zero-order valence-corrected chi connectivity index (χ0v) is 7.33. The summed E-state index contributed by atoms with van der Waals surface area (Å²) < 4.78 is 6.49. The van der Waals surface area contributed by atoms with Gasteiger partial charge in [0.25, 0.3) is 5.91 Å². The van der Waals surface area contributed by atoms with Gasteiger partial charge in [-0.25, -0.2) is 9.67 Å². The maximum absolute atomic E-state index is 10.7. The van der Waals surface area contributed by atoms with E-state index in [2.05, 4.69) is 10.1 Å². The molecule has 2 atom stereocenters. The van der Waals surface area contributed by atoms with Gasteiger partial charge in [-0.15, -0.1) is 5.10 Å². The standard InChI is InChI=1S/C7H10N4O3/c8-6(13)7-9-3-11(10-7)4-1-2-5(12)14-4/h3-5,12H,1-2H2,(H2,8,13)/t4-,5+/m1/s1. The van der Waals surface area contributed by atoms with Crippen LogP contribution in [0.5, 0.6) is 0 Å². The Morgan fingerprint density at radius 2 is 2.50 bits per heavy atom. The van der Waals surface area contributed by atoms with E-state index in [9.17, 15) is 4.79 Å². The summed E-state index contributed by atoms with van der Waals surface area (Å²) in [4.78, 5) is 14.4. The number of nitrogens with zero attached hydrogens (tertiary/aromatic N) is 3. The van der Waals surface area contributed by atoms with Crippen molar-refractivity contribution in [3.05, 3.63) is 12.2 Å². The molecule has 1 saturated heterocycles. The number of carbonyl (C=O) groups is 1. The Morgan fingerprint density at radius 1 is 1.71 bits per heavy atom. The Morgan fingerprint density at radius 3 is 3.00 bits per heavy atom. The van der Waals surface area contributed by atoms with Gasteiger partial charge in [0.1, 0.15) is 6.33 Å². The molecule has 1 amide bonds. The van der Waals surface area contributed by atoms with Crippen LogP contribution in [-0.4, -0.2) is 32.1 Å². The highest BCUT2D eigenvalue weighted by molar-refractivity contribution is 5.88. The topological polar surface area (TPSA) is 103 Å². The first-order valence-corrected chi connectivity index (χ1v) is 4.21. The van der Waals surface area contributed by atoms with Crippen LogP contribution in [0.4, 0.5) is 0 Å². The predicted octanol–water partition coefficient (Wildman–Crippen LogP) is -0.996. The molecule has 1 aromatic heterocycles. The molecule has 7 nitrogen and oxygen atoms in total. The molecular weight excluding hydrogens is 188 g/mol. The van der Waals surface area contributed by atoms with E-state index >= 15 is 0 Å². The Kier molecular flexibility index (Phi) is 2.18. The Balaban J connectivity index is 2.13. The van der Waals surface area contributed by atoms with Crippen LogP contribution >= 0.6 is 0 Å². The largest absolute Gasteiger partial charge is 0.368 e. The molecule has 2 rings (SSSR count). The quantitative estimate of drug-likeness (QED) is 0.634. The van der Waals surface area contributed by atoms with Gasteiger partial charge in [-0.05, 0) is 6.42 Å². The third kappa shape index (κ3) is 1.59. The fraction of sp³-hybridized carbons (Fsp3) is 0.571. The lowest BCUT2D eigenvalue weighted by atomic mass is 10.3. The van der Waals surface area contributed by atoms with E-state index in [1.165, 1.54) is 11.0 Å². The molecule has 0 saturated carbocycles. The van der Waals surface area contributed by atoms with E-state index in [1.807, 2.05) is 0 Å².